The van der Waals surface area contributed by atoms with Crippen LogP contribution in [0.15, 0.2) is 87.0 Å². The SMILES string of the molecule is CN(C(=O)Cn1c(=O)n(Cc2ccco2)c(=O)c2ccccc21)c1ccccc1. The summed E-state index contributed by atoms with van der Waals surface area (Å²) in [6.07, 6.45) is 1.48. The van der Waals surface area contributed by atoms with E-state index < -0.39 is 11.2 Å². The molecule has 2 heterocycles. The summed E-state index contributed by atoms with van der Waals surface area (Å²) >= 11 is 0. The van der Waals surface area contributed by atoms with Crippen molar-refractivity contribution in [1.82, 2.24) is 9.13 Å². The summed E-state index contributed by atoms with van der Waals surface area (Å²) in [5, 5.41) is 0.369. The number of carbonyl (C=O) groups excluding carboxylic acids is 1. The van der Waals surface area contributed by atoms with Gasteiger partial charge in [-0.1, -0.05) is 30.3 Å². The van der Waals surface area contributed by atoms with Crippen molar-refractivity contribution in [3.8, 4) is 0 Å². The van der Waals surface area contributed by atoms with Gasteiger partial charge in [0.2, 0.25) is 5.91 Å². The van der Waals surface area contributed by atoms with Crippen LogP contribution >= 0.6 is 0 Å². The summed E-state index contributed by atoms with van der Waals surface area (Å²) in [5.41, 5.74) is 0.175. The Morgan fingerprint density at radius 1 is 0.931 bits per heavy atom. The van der Waals surface area contributed by atoms with Gasteiger partial charge >= 0.3 is 5.69 Å². The lowest BCUT2D eigenvalue weighted by atomic mass is 10.2. The second-order valence-corrected chi connectivity index (χ2v) is 6.64. The molecule has 0 unspecified atom stereocenters. The average Bonchev–Trinajstić information content (AvgIpc) is 3.27. The summed E-state index contributed by atoms with van der Waals surface area (Å²) in [6.45, 7) is -0.193. The minimum absolute atomic E-state index is 0.00177. The van der Waals surface area contributed by atoms with E-state index in [0.717, 1.165) is 10.3 Å². The van der Waals surface area contributed by atoms with Gasteiger partial charge in [-0.15, -0.1) is 0 Å². The highest BCUT2D eigenvalue weighted by atomic mass is 16.3. The minimum atomic E-state index is -0.556. The third-order valence-electron chi connectivity index (χ3n) is 4.84. The lowest BCUT2D eigenvalue weighted by molar-refractivity contribution is -0.118. The van der Waals surface area contributed by atoms with Gasteiger partial charge in [-0.25, -0.2) is 4.79 Å². The molecule has 0 saturated heterocycles. The number of amides is 1. The van der Waals surface area contributed by atoms with Crippen LogP contribution in [0.25, 0.3) is 10.9 Å². The number of anilines is 1. The van der Waals surface area contributed by atoms with Crippen molar-refractivity contribution in [2.75, 3.05) is 11.9 Å². The van der Waals surface area contributed by atoms with Crippen molar-refractivity contribution >= 4 is 22.5 Å². The van der Waals surface area contributed by atoms with Gasteiger partial charge in [-0.2, -0.15) is 0 Å². The largest absolute Gasteiger partial charge is 0.467 e. The monoisotopic (exact) mass is 389 g/mol. The summed E-state index contributed by atoms with van der Waals surface area (Å²) in [4.78, 5) is 40.4. The van der Waals surface area contributed by atoms with Crippen molar-refractivity contribution in [3.63, 3.8) is 0 Å². The highest BCUT2D eigenvalue weighted by Gasteiger charge is 2.18. The molecule has 4 aromatic rings. The topological polar surface area (TPSA) is 77.5 Å². The summed E-state index contributed by atoms with van der Waals surface area (Å²) in [6, 6.07) is 19.3. The van der Waals surface area contributed by atoms with E-state index in [1.807, 2.05) is 30.3 Å². The molecule has 29 heavy (non-hydrogen) atoms. The lowest BCUT2D eigenvalue weighted by Crippen LogP contribution is -2.43. The van der Waals surface area contributed by atoms with E-state index in [0.29, 0.717) is 16.7 Å². The van der Waals surface area contributed by atoms with Gasteiger partial charge in [0, 0.05) is 12.7 Å². The molecule has 7 heteroatoms. The standard InChI is InChI=1S/C22H19N3O4/c1-23(16-8-3-2-4-9-16)20(26)15-24-19-12-6-5-11-18(19)21(27)25(22(24)28)14-17-10-7-13-29-17/h2-13H,14-15H2,1H3. The Morgan fingerprint density at radius 3 is 2.38 bits per heavy atom. The number of likely N-dealkylation sites (N-methyl/N-ethyl adjacent to an activating group) is 1. The summed E-state index contributed by atoms with van der Waals surface area (Å²) in [7, 11) is 1.66. The fourth-order valence-corrected chi connectivity index (χ4v) is 3.26. The number of nitrogens with zero attached hydrogens (tertiary/aromatic N) is 3. The number of para-hydroxylation sites is 2. The molecular formula is C22H19N3O4. The molecule has 4 rings (SSSR count). The molecule has 0 aliphatic carbocycles. The van der Waals surface area contributed by atoms with Crippen molar-refractivity contribution in [2.24, 2.45) is 0 Å². The number of carbonyl (C=O) groups is 1. The zero-order chi connectivity index (χ0) is 20.4. The molecule has 2 aromatic heterocycles. The van der Waals surface area contributed by atoms with Gasteiger partial charge in [0.1, 0.15) is 12.3 Å². The molecule has 0 aliphatic rings. The maximum atomic E-state index is 13.1. The average molecular weight is 389 g/mol. The van der Waals surface area contributed by atoms with Crippen molar-refractivity contribution in [1.29, 1.82) is 0 Å². The van der Waals surface area contributed by atoms with E-state index in [1.165, 1.54) is 15.7 Å². The van der Waals surface area contributed by atoms with Crippen molar-refractivity contribution < 1.29 is 9.21 Å². The van der Waals surface area contributed by atoms with Crippen LogP contribution in [0.1, 0.15) is 5.76 Å². The Bertz CT molecular complexity index is 1270. The normalized spacial score (nSPS) is 10.9. The molecule has 0 bridgehead atoms. The second kappa shape index (κ2) is 7.63. The Hall–Kier alpha value is -3.87. The maximum absolute atomic E-state index is 13.1. The minimum Gasteiger partial charge on any atom is -0.467 e. The molecule has 0 spiro atoms. The number of aromatic nitrogens is 2. The van der Waals surface area contributed by atoms with Crippen LogP contribution in [0.5, 0.6) is 0 Å². The molecule has 0 radical (unpaired) electrons. The van der Waals surface area contributed by atoms with Gasteiger partial charge in [0.25, 0.3) is 5.56 Å². The van der Waals surface area contributed by atoms with Crippen LogP contribution in [-0.2, 0) is 17.9 Å². The second-order valence-electron chi connectivity index (χ2n) is 6.64. The van der Waals surface area contributed by atoms with Gasteiger partial charge < -0.3 is 9.32 Å². The molecule has 0 atom stereocenters. The Morgan fingerprint density at radius 2 is 1.66 bits per heavy atom. The predicted octanol–water partition coefficient (Wildman–Crippen LogP) is 2.47. The quantitative estimate of drug-likeness (QED) is 0.525. The third kappa shape index (κ3) is 3.50. The molecule has 1 amide bonds. The fraction of sp³-hybridized carbons (Fsp3) is 0.136. The van der Waals surface area contributed by atoms with Crippen LogP contribution in [0.3, 0.4) is 0 Å². The van der Waals surface area contributed by atoms with E-state index in [-0.39, 0.29) is 19.0 Å². The number of hydrogen-bond donors (Lipinski definition) is 0. The highest BCUT2D eigenvalue weighted by molar-refractivity contribution is 5.93. The predicted molar refractivity (Wildman–Crippen MR) is 110 cm³/mol. The van der Waals surface area contributed by atoms with Crippen LogP contribution in [0.2, 0.25) is 0 Å². The van der Waals surface area contributed by atoms with Crippen molar-refractivity contribution in [2.45, 2.75) is 13.1 Å². The maximum Gasteiger partial charge on any atom is 0.332 e. The van der Waals surface area contributed by atoms with E-state index in [1.54, 1.807) is 43.4 Å². The summed E-state index contributed by atoms with van der Waals surface area (Å²) < 4.78 is 7.72. The smallest absolute Gasteiger partial charge is 0.332 e. The first-order chi connectivity index (χ1) is 14.1. The molecule has 0 saturated carbocycles. The fourth-order valence-electron chi connectivity index (χ4n) is 3.26. The molecule has 0 N–H and O–H groups in total. The van der Waals surface area contributed by atoms with Crippen LogP contribution in [0.4, 0.5) is 5.69 Å². The number of hydrogen-bond acceptors (Lipinski definition) is 4. The van der Waals surface area contributed by atoms with Crippen LogP contribution in [-0.4, -0.2) is 22.1 Å². The highest BCUT2D eigenvalue weighted by Crippen LogP contribution is 2.13. The van der Waals surface area contributed by atoms with Crippen molar-refractivity contribution in [3.05, 3.63) is 99.6 Å². The Kier molecular flexibility index (Phi) is 4.87. The molecule has 7 nitrogen and oxygen atoms in total. The van der Waals surface area contributed by atoms with E-state index in [4.69, 9.17) is 4.42 Å². The molecular weight excluding hydrogens is 370 g/mol. The van der Waals surface area contributed by atoms with Gasteiger partial charge in [0.15, 0.2) is 0 Å². The molecule has 0 aliphatic heterocycles. The Balaban J connectivity index is 1.80. The van der Waals surface area contributed by atoms with E-state index in [9.17, 15) is 14.4 Å². The van der Waals surface area contributed by atoms with Gasteiger partial charge in [0.05, 0.1) is 23.7 Å². The zero-order valence-electron chi connectivity index (χ0n) is 15.8. The number of fused-ring (bicyclic) bond motifs is 1. The number of rotatable bonds is 5. The number of furan rings is 1. The number of benzene rings is 2. The van der Waals surface area contributed by atoms with Crippen LogP contribution in [0, 0.1) is 0 Å². The van der Waals surface area contributed by atoms with Gasteiger partial charge in [-0.3, -0.25) is 18.7 Å². The molecule has 0 fully saturated rings. The summed E-state index contributed by atoms with van der Waals surface area (Å²) in [5.74, 6) is 0.213. The molecule has 146 valence electrons. The first-order valence-electron chi connectivity index (χ1n) is 9.12. The third-order valence-corrected chi connectivity index (χ3v) is 4.84. The van der Waals surface area contributed by atoms with E-state index >= 15 is 0 Å². The zero-order valence-corrected chi connectivity index (χ0v) is 15.8. The Labute approximate surface area is 166 Å². The molecule has 2 aromatic carbocycles. The van der Waals surface area contributed by atoms with Crippen LogP contribution < -0.4 is 16.1 Å². The lowest BCUT2D eigenvalue weighted by Gasteiger charge is -2.19. The first kappa shape index (κ1) is 18.5. The first-order valence-corrected chi connectivity index (χ1v) is 9.12. The van der Waals surface area contributed by atoms with E-state index in [2.05, 4.69) is 0 Å². The van der Waals surface area contributed by atoms with Gasteiger partial charge in [-0.05, 0) is 36.4 Å².